The Kier molecular flexibility index (Phi) is 2.41. The number of nitrogens with zero attached hydrogens (tertiary/aromatic N) is 1. The third-order valence-electron chi connectivity index (χ3n) is 5.07. The molecular formula is C16H22N2. The lowest BCUT2D eigenvalue weighted by molar-refractivity contribution is 0.394. The van der Waals surface area contributed by atoms with Crippen LogP contribution in [0.3, 0.4) is 0 Å². The number of nitrogens with one attached hydrogen (secondary N) is 1. The number of hydrogen-bond donors (Lipinski definition) is 1. The molecular weight excluding hydrogens is 220 g/mol. The van der Waals surface area contributed by atoms with Crippen LogP contribution < -0.4 is 10.2 Å². The smallest absolute Gasteiger partial charge is 0.0402 e. The summed E-state index contributed by atoms with van der Waals surface area (Å²) < 4.78 is 0. The Morgan fingerprint density at radius 2 is 2.11 bits per heavy atom. The first-order valence-electron chi connectivity index (χ1n) is 7.43. The molecule has 1 spiro atoms. The maximum Gasteiger partial charge on any atom is 0.0402 e. The van der Waals surface area contributed by atoms with E-state index in [-0.39, 0.29) is 0 Å². The first-order valence-corrected chi connectivity index (χ1v) is 7.43. The zero-order valence-electron chi connectivity index (χ0n) is 11.0. The molecule has 2 heteroatoms. The van der Waals surface area contributed by atoms with Crippen LogP contribution in [-0.2, 0) is 13.0 Å². The molecule has 1 saturated carbocycles. The van der Waals surface area contributed by atoms with Gasteiger partial charge in [-0.1, -0.05) is 12.1 Å². The molecule has 1 aromatic carbocycles. The fourth-order valence-corrected chi connectivity index (χ4v) is 3.81. The van der Waals surface area contributed by atoms with Gasteiger partial charge in [-0.25, -0.2) is 0 Å². The van der Waals surface area contributed by atoms with Crippen molar-refractivity contribution in [3.8, 4) is 0 Å². The molecule has 0 radical (unpaired) electrons. The van der Waals surface area contributed by atoms with Crippen LogP contribution in [0.4, 0.5) is 5.69 Å². The molecule has 1 aromatic rings. The van der Waals surface area contributed by atoms with Crippen molar-refractivity contribution >= 4 is 5.69 Å². The predicted octanol–water partition coefficient (Wildman–Crippen LogP) is 2.71. The summed E-state index contributed by atoms with van der Waals surface area (Å²) in [6, 6.07) is 6.89. The van der Waals surface area contributed by atoms with Gasteiger partial charge < -0.3 is 10.2 Å². The molecule has 2 aliphatic heterocycles. The number of piperidine rings is 1. The highest BCUT2D eigenvalue weighted by Gasteiger charge is 2.45. The maximum absolute atomic E-state index is 3.48. The summed E-state index contributed by atoms with van der Waals surface area (Å²) in [7, 11) is 0. The van der Waals surface area contributed by atoms with Crippen molar-refractivity contribution in [2.75, 3.05) is 24.5 Å². The van der Waals surface area contributed by atoms with E-state index in [9.17, 15) is 0 Å². The molecule has 1 aliphatic carbocycles. The summed E-state index contributed by atoms with van der Waals surface area (Å²) in [5.41, 5.74) is 5.40. The standard InChI is InChI=1S/C16H22N2/c1-3-13-11-17-9-5-14(13)15(4-1)18-10-2-6-16(12-18)7-8-16/h1,3-4,17H,2,5-12H2. The molecule has 1 saturated heterocycles. The number of hydrogen-bond acceptors (Lipinski definition) is 2. The molecule has 3 aliphatic rings. The molecule has 96 valence electrons. The third-order valence-corrected chi connectivity index (χ3v) is 5.07. The van der Waals surface area contributed by atoms with Gasteiger partial charge in [0.15, 0.2) is 0 Å². The summed E-state index contributed by atoms with van der Waals surface area (Å²) in [4.78, 5) is 2.68. The Bertz CT molecular complexity index is 462. The first kappa shape index (κ1) is 10.9. The SMILES string of the molecule is c1cc2c(c(N3CCCC4(CC4)C3)c1)CCNC2. The van der Waals surface area contributed by atoms with Crippen LogP contribution >= 0.6 is 0 Å². The van der Waals surface area contributed by atoms with Gasteiger partial charge in [-0.15, -0.1) is 0 Å². The summed E-state index contributed by atoms with van der Waals surface area (Å²) in [6.07, 6.45) is 7.01. The quantitative estimate of drug-likeness (QED) is 0.814. The minimum atomic E-state index is 0.716. The molecule has 0 atom stereocenters. The van der Waals surface area contributed by atoms with Gasteiger partial charge in [-0.2, -0.15) is 0 Å². The van der Waals surface area contributed by atoms with Gasteiger partial charge >= 0.3 is 0 Å². The van der Waals surface area contributed by atoms with Crippen LogP contribution in [0.2, 0.25) is 0 Å². The van der Waals surface area contributed by atoms with Crippen molar-refractivity contribution in [2.24, 2.45) is 5.41 Å². The molecule has 2 fully saturated rings. The van der Waals surface area contributed by atoms with Gasteiger partial charge in [-0.3, -0.25) is 0 Å². The molecule has 2 nitrogen and oxygen atoms in total. The molecule has 1 N–H and O–H groups in total. The van der Waals surface area contributed by atoms with Gasteiger partial charge in [0.05, 0.1) is 0 Å². The van der Waals surface area contributed by atoms with Gasteiger partial charge in [-0.05, 0) is 61.3 Å². The highest BCUT2D eigenvalue weighted by atomic mass is 15.2. The molecule has 0 bridgehead atoms. The zero-order chi connectivity index (χ0) is 12.0. The van der Waals surface area contributed by atoms with E-state index >= 15 is 0 Å². The minimum absolute atomic E-state index is 0.716. The van der Waals surface area contributed by atoms with E-state index in [2.05, 4.69) is 28.4 Å². The van der Waals surface area contributed by atoms with Crippen LogP contribution in [0.15, 0.2) is 18.2 Å². The van der Waals surface area contributed by atoms with E-state index in [0.717, 1.165) is 13.1 Å². The van der Waals surface area contributed by atoms with E-state index < -0.39 is 0 Å². The Morgan fingerprint density at radius 1 is 1.17 bits per heavy atom. The van der Waals surface area contributed by atoms with Crippen molar-refractivity contribution in [3.05, 3.63) is 29.3 Å². The topological polar surface area (TPSA) is 15.3 Å². The van der Waals surface area contributed by atoms with E-state index in [1.807, 2.05) is 0 Å². The average Bonchev–Trinajstić information content (AvgIpc) is 3.17. The summed E-state index contributed by atoms with van der Waals surface area (Å²) in [5, 5.41) is 3.48. The highest BCUT2D eigenvalue weighted by molar-refractivity contribution is 5.58. The number of rotatable bonds is 1. The Hall–Kier alpha value is -1.02. The number of anilines is 1. The lowest BCUT2D eigenvalue weighted by Crippen LogP contribution is -2.38. The summed E-state index contributed by atoms with van der Waals surface area (Å²) in [6.45, 7) is 4.79. The van der Waals surface area contributed by atoms with Crippen molar-refractivity contribution in [1.82, 2.24) is 5.32 Å². The number of fused-ring (bicyclic) bond motifs is 1. The monoisotopic (exact) mass is 242 g/mol. The van der Waals surface area contributed by atoms with Crippen LogP contribution in [0, 0.1) is 5.41 Å². The largest absolute Gasteiger partial charge is 0.371 e. The van der Waals surface area contributed by atoms with Gasteiger partial charge in [0.2, 0.25) is 0 Å². The molecule has 4 rings (SSSR count). The van der Waals surface area contributed by atoms with Crippen LogP contribution in [0.5, 0.6) is 0 Å². The fourth-order valence-electron chi connectivity index (χ4n) is 3.81. The highest BCUT2D eigenvalue weighted by Crippen LogP contribution is 2.52. The second-order valence-electron chi connectivity index (χ2n) is 6.37. The van der Waals surface area contributed by atoms with Crippen LogP contribution in [0.1, 0.15) is 36.8 Å². The Morgan fingerprint density at radius 3 is 3.00 bits per heavy atom. The maximum atomic E-state index is 3.48. The van der Waals surface area contributed by atoms with E-state index in [0.29, 0.717) is 5.41 Å². The van der Waals surface area contributed by atoms with Crippen molar-refractivity contribution < 1.29 is 0 Å². The Labute approximate surface area is 109 Å². The first-order chi connectivity index (χ1) is 8.86. The van der Waals surface area contributed by atoms with Crippen LogP contribution in [0.25, 0.3) is 0 Å². The average molecular weight is 242 g/mol. The lowest BCUT2D eigenvalue weighted by atomic mass is 9.92. The normalized spacial score (nSPS) is 25.0. The van der Waals surface area contributed by atoms with Gasteiger partial charge in [0.1, 0.15) is 0 Å². The van der Waals surface area contributed by atoms with E-state index in [1.165, 1.54) is 50.8 Å². The molecule has 18 heavy (non-hydrogen) atoms. The van der Waals surface area contributed by atoms with Crippen molar-refractivity contribution in [3.63, 3.8) is 0 Å². The second kappa shape index (κ2) is 3.99. The molecule has 0 amide bonds. The predicted molar refractivity (Wildman–Crippen MR) is 75.0 cm³/mol. The Balaban J connectivity index is 1.67. The summed E-state index contributed by atoms with van der Waals surface area (Å²) in [5.74, 6) is 0. The van der Waals surface area contributed by atoms with Crippen molar-refractivity contribution in [2.45, 2.75) is 38.6 Å². The molecule has 0 unspecified atom stereocenters. The minimum Gasteiger partial charge on any atom is -0.371 e. The fraction of sp³-hybridized carbons (Fsp3) is 0.625. The number of benzene rings is 1. The molecule has 2 heterocycles. The van der Waals surface area contributed by atoms with Crippen molar-refractivity contribution in [1.29, 1.82) is 0 Å². The third kappa shape index (κ3) is 1.74. The van der Waals surface area contributed by atoms with E-state index in [1.54, 1.807) is 11.3 Å². The summed E-state index contributed by atoms with van der Waals surface area (Å²) >= 11 is 0. The van der Waals surface area contributed by atoms with Crippen LogP contribution in [-0.4, -0.2) is 19.6 Å². The second-order valence-corrected chi connectivity index (χ2v) is 6.37. The van der Waals surface area contributed by atoms with Gasteiger partial charge in [0.25, 0.3) is 0 Å². The van der Waals surface area contributed by atoms with E-state index in [4.69, 9.17) is 0 Å². The lowest BCUT2D eigenvalue weighted by Gasteiger charge is -2.37. The molecule has 0 aromatic heterocycles. The zero-order valence-corrected chi connectivity index (χ0v) is 11.0. The van der Waals surface area contributed by atoms with Gasteiger partial charge in [0, 0.05) is 25.3 Å².